The van der Waals surface area contributed by atoms with Crippen molar-refractivity contribution >= 4 is 23.3 Å². The Balaban J connectivity index is 2.15. The lowest BCUT2D eigenvalue weighted by molar-refractivity contribution is 0.260. The van der Waals surface area contributed by atoms with Crippen LogP contribution in [0.25, 0.3) is 11.0 Å². The topological polar surface area (TPSA) is 33.6 Å². The summed E-state index contributed by atoms with van der Waals surface area (Å²) in [5, 5.41) is 0. The van der Waals surface area contributed by atoms with Gasteiger partial charge in [-0.3, -0.25) is 4.98 Å². The monoisotopic (exact) mass is 247 g/mol. The van der Waals surface area contributed by atoms with Crippen molar-refractivity contribution in [1.29, 1.82) is 0 Å². The highest BCUT2D eigenvalue weighted by molar-refractivity contribution is 7.71. The number of nitrogens with zero attached hydrogens (tertiary/aromatic N) is 2. The third-order valence-corrected chi connectivity index (χ3v) is 4.21. The zero-order chi connectivity index (χ0) is 11.8. The Morgan fingerprint density at radius 3 is 3.06 bits per heavy atom. The Bertz CT molecular complexity index is 584. The van der Waals surface area contributed by atoms with Crippen molar-refractivity contribution < 1.29 is 0 Å². The molecule has 0 amide bonds. The molecule has 2 atom stereocenters. The van der Waals surface area contributed by atoms with E-state index >= 15 is 0 Å². The molecule has 2 aromatic rings. The maximum absolute atomic E-state index is 5.47. The standard InChI is InChI=1S/C13H17N3S/c1-9-4-2-3-5-11(9)16-12-6-7-14-8-10(12)15-13(16)17/h6-9,11H,2-5H2,1H3,(H,15,17). The Labute approximate surface area is 106 Å². The molecule has 2 heterocycles. The van der Waals surface area contributed by atoms with Crippen LogP contribution >= 0.6 is 12.2 Å². The second kappa shape index (κ2) is 4.26. The minimum atomic E-state index is 0.549. The summed E-state index contributed by atoms with van der Waals surface area (Å²) < 4.78 is 3.14. The molecule has 0 saturated heterocycles. The summed E-state index contributed by atoms with van der Waals surface area (Å²) in [7, 11) is 0. The van der Waals surface area contributed by atoms with Gasteiger partial charge in [-0.1, -0.05) is 19.8 Å². The average Bonchev–Trinajstić information content (AvgIpc) is 2.66. The molecule has 0 bridgehead atoms. The number of imidazole rings is 1. The molecule has 2 aromatic heterocycles. The first-order valence-corrected chi connectivity index (χ1v) is 6.72. The first-order valence-electron chi connectivity index (χ1n) is 6.31. The number of hydrogen-bond acceptors (Lipinski definition) is 2. The van der Waals surface area contributed by atoms with E-state index in [9.17, 15) is 0 Å². The molecule has 0 aliphatic heterocycles. The van der Waals surface area contributed by atoms with Gasteiger partial charge in [-0.2, -0.15) is 0 Å². The molecule has 1 N–H and O–H groups in total. The van der Waals surface area contributed by atoms with Crippen LogP contribution in [-0.2, 0) is 0 Å². The molecule has 3 rings (SSSR count). The number of aromatic nitrogens is 3. The highest BCUT2D eigenvalue weighted by Gasteiger charge is 2.24. The molecule has 0 aromatic carbocycles. The van der Waals surface area contributed by atoms with E-state index in [1.807, 2.05) is 12.4 Å². The number of pyridine rings is 1. The van der Waals surface area contributed by atoms with Gasteiger partial charge >= 0.3 is 0 Å². The maximum atomic E-state index is 5.47. The molecular weight excluding hydrogens is 230 g/mol. The number of hydrogen-bond donors (Lipinski definition) is 1. The number of H-pyrrole nitrogens is 1. The van der Waals surface area contributed by atoms with E-state index < -0.39 is 0 Å². The molecule has 1 aliphatic carbocycles. The van der Waals surface area contributed by atoms with E-state index in [1.165, 1.54) is 31.2 Å². The van der Waals surface area contributed by atoms with Crippen LogP contribution in [0.4, 0.5) is 0 Å². The fourth-order valence-corrected chi connectivity index (χ4v) is 3.33. The Morgan fingerprint density at radius 1 is 1.41 bits per heavy atom. The van der Waals surface area contributed by atoms with E-state index in [2.05, 4.69) is 27.5 Å². The summed E-state index contributed by atoms with van der Waals surface area (Å²) >= 11 is 5.47. The smallest absolute Gasteiger partial charge is 0.178 e. The van der Waals surface area contributed by atoms with Gasteiger partial charge in [-0.15, -0.1) is 0 Å². The van der Waals surface area contributed by atoms with E-state index in [-0.39, 0.29) is 0 Å². The van der Waals surface area contributed by atoms with Gasteiger partial charge in [-0.25, -0.2) is 0 Å². The lowest BCUT2D eigenvalue weighted by Gasteiger charge is -2.30. The third kappa shape index (κ3) is 1.80. The minimum absolute atomic E-state index is 0.549. The van der Waals surface area contributed by atoms with Gasteiger partial charge in [0.1, 0.15) is 0 Å². The normalized spacial score (nSPS) is 25.2. The van der Waals surface area contributed by atoms with E-state index in [4.69, 9.17) is 12.2 Å². The molecule has 0 spiro atoms. The second-order valence-electron chi connectivity index (χ2n) is 5.02. The van der Waals surface area contributed by atoms with Crippen LogP contribution < -0.4 is 0 Å². The van der Waals surface area contributed by atoms with Crippen molar-refractivity contribution in [2.75, 3.05) is 0 Å². The number of rotatable bonds is 1. The van der Waals surface area contributed by atoms with Crippen LogP contribution in [0.15, 0.2) is 18.5 Å². The fraction of sp³-hybridized carbons (Fsp3) is 0.538. The third-order valence-electron chi connectivity index (χ3n) is 3.92. The van der Waals surface area contributed by atoms with Crippen LogP contribution in [0.5, 0.6) is 0 Å². The predicted octanol–water partition coefficient (Wildman–Crippen LogP) is 3.85. The van der Waals surface area contributed by atoms with Crippen LogP contribution in [-0.4, -0.2) is 14.5 Å². The van der Waals surface area contributed by atoms with Gasteiger partial charge in [0.05, 0.1) is 17.2 Å². The van der Waals surface area contributed by atoms with Gasteiger partial charge in [0.15, 0.2) is 4.77 Å². The first kappa shape index (κ1) is 11.0. The highest BCUT2D eigenvalue weighted by atomic mass is 32.1. The molecule has 3 nitrogen and oxygen atoms in total. The molecule has 2 unspecified atom stereocenters. The highest BCUT2D eigenvalue weighted by Crippen LogP contribution is 2.35. The van der Waals surface area contributed by atoms with Crippen molar-refractivity contribution in [3.63, 3.8) is 0 Å². The van der Waals surface area contributed by atoms with Gasteiger partial charge in [0.25, 0.3) is 0 Å². The minimum Gasteiger partial charge on any atom is -0.329 e. The second-order valence-corrected chi connectivity index (χ2v) is 5.41. The largest absolute Gasteiger partial charge is 0.329 e. The Kier molecular flexibility index (Phi) is 2.74. The predicted molar refractivity (Wildman–Crippen MR) is 71.6 cm³/mol. The number of aromatic amines is 1. The van der Waals surface area contributed by atoms with E-state index in [1.54, 1.807) is 0 Å². The van der Waals surface area contributed by atoms with Crippen molar-refractivity contribution in [2.24, 2.45) is 5.92 Å². The van der Waals surface area contributed by atoms with E-state index in [0.29, 0.717) is 12.0 Å². The summed E-state index contributed by atoms with van der Waals surface area (Å²) in [6.07, 6.45) is 8.92. The van der Waals surface area contributed by atoms with Gasteiger partial charge in [0, 0.05) is 12.2 Å². The lowest BCUT2D eigenvalue weighted by Crippen LogP contribution is -2.21. The summed E-state index contributed by atoms with van der Waals surface area (Å²) in [6.45, 7) is 2.34. The van der Waals surface area contributed by atoms with Crippen LogP contribution in [0, 0.1) is 10.7 Å². The summed E-state index contributed by atoms with van der Waals surface area (Å²) in [5.41, 5.74) is 2.25. The van der Waals surface area contributed by atoms with Gasteiger partial charge in [0.2, 0.25) is 0 Å². The quantitative estimate of drug-likeness (QED) is 0.777. The van der Waals surface area contributed by atoms with Gasteiger partial charge in [-0.05, 0) is 37.0 Å². The van der Waals surface area contributed by atoms with Crippen LogP contribution in [0.2, 0.25) is 0 Å². The molecule has 0 radical (unpaired) electrons. The number of fused-ring (bicyclic) bond motifs is 1. The van der Waals surface area contributed by atoms with E-state index in [0.717, 1.165) is 10.3 Å². The van der Waals surface area contributed by atoms with Crippen molar-refractivity contribution in [1.82, 2.24) is 14.5 Å². The summed E-state index contributed by atoms with van der Waals surface area (Å²) in [5.74, 6) is 0.711. The first-order chi connectivity index (χ1) is 8.27. The molecule has 1 fully saturated rings. The van der Waals surface area contributed by atoms with Crippen LogP contribution in [0.3, 0.4) is 0 Å². The van der Waals surface area contributed by atoms with Gasteiger partial charge < -0.3 is 9.55 Å². The maximum Gasteiger partial charge on any atom is 0.178 e. The molecular formula is C13H17N3S. The summed E-state index contributed by atoms with van der Waals surface area (Å²) in [6, 6.07) is 2.61. The summed E-state index contributed by atoms with van der Waals surface area (Å²) in [4.78, 5) is 7.40. The van der Waals surface area contributed by atoms with Crippen LogP contribution in [0.1, 0.15) is 38.6 Å². The molecule has 4 heteroatoms. The Morgan fingerprint density at radius 2 is 2.24 bits per heavy atom. The number of nitrogens with one attached hydrogen (secondary N) is 1. The zero-order valence-corrected chi connectivity index (χ0v) is 10.8. The lowest BCUT2D eigenvalue weighted by atomic mass is 9.86. The van der Waals surface area contributed by atoms with Crippen molar-refractivity contribution in [2.45, 2.75) is 38.6 Å². The van der Waals surface area contributed by atoms with Crippen molar-refractivity contribution in [3.05, 3.63) is 23.2 Å². The van der Waals surface area contributed by atoms with Crippen molar-refractivity contribution in [3.8, 4) is 0 Å². The average molecular weight is 247 g/mol. The fourth-order valence-electron chi connectivity index (χ4n) is 2.99. The molecule has 1 saturated carbocycles. The SMILES string of the molecule is CC1CCCCC1n1c(=S)[nH]c2cnccc21. The Hall–Kier alpha value is -1.16. The molecule has 90 valence electrons. The molecule has 17 heavy (non-hydrogen) atoms. The zero-order valence-electron chi connectivity index (χ0n) is 10.0. The molecule has 1 aliphatic rings.